The second-order valence-electron chi connectivity index (χ2n) is 9.51. The van der Waals surface area contributed by atoms with E-state index >= 15 is 0 Å². The molecule has 32 heavy (non-hydrogen) atoms. The Balaban J connectivity index is 1.43. The van der Waals surface area contributed by atoms with Crippen LogP contribution >= 0.6 is 0 Å². The Hall–Kier alpha value is -2.42. The number of carbonyl (C=O) groups excluding carboxylic acids is 3. The van der Waals surface area contributed by atoms with E-state index in [0.717, 1.165) is 45.3 Å². The molecule has 4 rings (SSSR count). The van der Waals surface area contributed by atoms with Gasteiger partial charge in [0.25, 0.3) is 11.8 Å². The van der Waals surface area contributed by atoms with E-state index in [-0.39, 0.29) is 36.0 Å². The molecule has 0 unspecified atom stereocenters. The molecule has 1 aliphatic carbocycles. The van der Waals surface area contributed by atoms with Gasteiger partial charge in [0, 0.05) is 31.7 Å². The van der Waals surface area contributed by atoms with Crippen LogP contribution in [0.15, 0.2) is 6.07 Å². The monoisotopic (exact) mass is 444 g/mol. The summed E-state index contributed by atoms with van der Waals surface area (Å²) in [6.07, 6.45) is 7.92. The average Bonchev–Trinajstić information content (AvgIpc) is 3.44. The van der Waals surface area contributed by atoms with E-state index in [1.54, 1.807) is 17.9 Å². The van der Waals surface area contributed by atoms with Crippen LogP contribution in [0.5, 0.6) is 0 Å². The van der Waals surface area contributed by atoms with Crippen molar-refractivity contribution in [3.05, 3.63) is 17.5 Å². The molecular formula is C23H36N6O3. The van der Waals surface area contributed by atoms with E-state index in [4.69, 9.17) is 0 Å². The number of fused-ring (bicyclic) bond motifs is 1. The molecule has 0 bridgehead atoms. The number of likely N-dealkylation sites (tertiary alicyclic amines) is 1. The first-order chi connectivity index (χ1) is 15.4. The number of amides is 3. The van der Waals surface area contributed by atoms with Gasteiger partial charge in [-0.2, -0.15) is 5.10 Å². The molecule has 3 amide bonds. The van der Waals surface area contributed by atoms with Gasteiger partial charge in [0.2, 0.25) is 5.91 Å². The van der Waals surface area contributed by atoms with Crippen molar-refractivity contribution < 1.29 is 14.4 Å². The average molecular weight is 445 g/mol. The van der Waals surface area contributed by atoms with Gasteiger partial charge in [0.15, 0.2) is 5.69 Å². The molecule has 3 aliphatic rings. The second-order valence-corrected chi connectivity index (χ2v) is 9.51. The molecule has 2 aliphatic heterocycles. The van der Waals surface area contributed by atoms with Crippen LogP contribution in [0.2, 0.25) is 0 Å². The molecule has 0 radical (unpaired) electrons. The number of aromatic nitrogens is 2. The molecule has 0 spiro atoms. The number of likely N-dealkylation sites (N-methyl/N-ethyl adjacent to an activating group) is 1. The Morgan fingerprint density at radius 3 is 2.56 bits per heavy atom. The summed E-state index contributed by atoms with van der Waals surface area (Å²) in [5.74, 6) is -0.687. The number of rotatable bonds is 7. The molecule has 3 heterocycles. The summed E-state index contributed by atoms with van der Waals surface area (Å²) in [7, 11) is 0. The van der Waals surface area contributed by atoms with Crippen LogP contribution in [0, 0.1) is 0 Å². The summed E-state index contributed by atoms with van der Waals surface area (Å²) in [5.41, 5.74) is -0.446. The first-order valence-electron chi connectivity index (χ1n) is 12.1. The maximum absolute atomic E-state index is 13.2. The lowest BCUT2D eigenvalue weighted by atomic mass is 9.94. The fraction of sp³-hybridized carbons (Fsp3) is 0.739. The van der Waals surface area contributed by atoms with E-state index < -0.39 is 5.54 Å². The van der Waals surface area contributed by atoms with Crippen molar-refractivity contribution in [2.45, 2.75) is 76.9 Å². The lowest BCUT2D eigenvalue weighted by Gasteiger charge is -2.43. The number of piperidine rings is 1. The molecule has 1 atom stereocenters. The van der Waals surface area contributed by atoms with Crippen molar-refractivity contribution in [3.63, 3.8) is 0 Å². The largest absolute Gasteiger partial charge is 0.351 e. The molecule has 0 aromatic carbocycles. The lowest BCUT2D eigenvalue weighted by Crippen LogP contribution is -2.64. The maximum Gasteiger partial charge on any atom is 0.273 e. The van der Waals surface area contributed by atoms with E-state index in [1.165, 1.54) is 23.9 Å². The molecule has 176 valence electrons. The Kier molecular flexibility index (Phi) is 6.83. The third-order valence-corrected chi connectivity index (χ3v) is 7.19. The van der Waals surface area contributed by atoms with Gasteiger partial charge >= 0.3 is 0 Å². The minimum Gasteiger partial charge on any atom is -0.351 e. The topological polar surface area (TPSA) is 99.6 Å². The van der Waals surface area contributed by atoms with Crippen LogP contribution in [0.25, 0.3) is 0 Å². The van der Waals surface area contributed by atoms with Crippen molar-refractivity contribution in [3.8, 4) is 0 Å². The van der Waals surface area contributed by atoms with Gasteiger partial charge in [-0.05, 0) is 52.6 Å². The Morgan fingerprint density at radius 2 is 1.88 bits per heavy atom. The number of nitrogens with one attached hydrogen (secondary N) is 2. The van der Waals surface area contributed by atoms with Gasteiger partial charge in [-0.25, -0.2) is 0 Å². The Labute approximate surface area is 189 Å². The van der Waals surface area contributed by atoms with E-state index in [9.17, 15) is 14.4 Å². The van der Waals surface area contributed by atoms with Crippen LogP contribution < -0.4 is 10.6 Å². The van der Waals surface area contributed by atoms with E-state index in [2.05, 4.69) is 20.6 Å². The quantitative estimate of drug-likeness (QED) is 0.662. The SMILES string of the molecule is CCN1C(=O)c2cc(C(=O)NCCN3CCCCC3)nn2C[C@]1(C)C(=O)NC1CCCC1. The molecule has 1 aromatic rings. The first kappa shape index (κ1) is 22.8. The molecule has 1 saturated carbocycles. The molecule has 9 nitrogen and oxygen atoms in total. The van der Waals surface area contributed by atoms with Gasteiger partial charge in [-0.1, -0.05) is 19.3 Å². The van der Waals surface area contributed by atoms with Gasteiger partial charge < -0.3 is 20.4 Å². The number of hydrogen-bond acceptors (Lipinski definition) is 5. The summed E-state index contributed by atoms with van der Waals surface area (Å²) in [6.45, 7) is 7.85. The zero-order valence-electron chi connectivity index (χ0n) is 19.4. The normalized spacial score (nSPS) is 24.4. The fourth-order valence-corrected chi connectivity index (χ4v) is 5.26. The van der Waals surface area contributed by atoms with Crippen LogP contribution in [-0.2, 0) is 11.3 Å². The number of carbonyl (C=O) groups is 3. The standard InChI is InChI=1S/C23H36N6O3/c1-3-28-21(31)19-15-18(20(30)24-11-14-27-12-7-4-8-13-27)26-29(19)16-23(28,2)22(32)25-17-9-5-6-10-17/h15,17H,3-14,16H2,1-2H3,(H,24,30)(H,25,32)/t23-/m1/s1. The van der Waals surface area contributed by atoms with Crippen LogP contribution in [-0.4, -0.2) is 81.6 Å². The predicted octanol–water partition coefficient (Wildman–Crippen LogP) is 1.39. The molecule has 1 aromatic heterocycles. The molecule has 9 heteroatoms. The van der Waals surface area contributed by atoms with Gasteiger partial charge in [-0.15, -0.1) is 0 Å². The second kappa shape index (κ2) is 9.60. The smallest absolute Gasteiger partial charge is 0.273 e. The molecule has 1 saturated heterocycles. The molecular weight excluding hydrogens is 408 g/mol. The summed E-state index contributed by atoms with van der Waals surface area (Å²) < 4.78 is 1.53. The van der Waals surface area contributed by atoms with Crippen molar-refractivity contribution in [1.82, 2.24) is 30.2 Å². The minimum absolute atomic E-state index is 0.145. The summed E-state index contributed by atoms with van der Waals surface area (Å²) >= 11 is 0. The number of nitrogens with zero attached hydrogens (tertiary/aromatic N) is 4. The van der Waals surface area contributed by atoms with E-state index in [0.29, 0.717) is 18.8 Å². The predicted molar refractivity (Wildman–Crippen MR) is 120 cm³/mol. The zero-order chi connectivity index (χ0) is 22.7. The minimum atomic E-state index is -1.03. The first-order valence-corrected chi connectivity index (χ1v) is 12.1. The third-order valence-electron chi connectivity index (χ3n) is 7.19. The summed E-state index contributed by atoms with van der Waals surface area (Å²) in [4.78, 5) is 43.1. The van der Waals surface area contributed by atoms with Crippen molar-refractivity contribution in [2.24, 2.45) is 0 Å². The molecule has 2 N–H and O–H groups in total. The fourth-order valence-electron chi connectivity index (χ4n) is 5.26. The van der Waals surface area contributed by atoms with Crippen molar-refractivity contribution in [2.75, 3.05) is 32.7 Å². The highest BCUT2D eigenvalue weighted by atomic mass is 16.2. The van der Waals surface area contributed by atoms with Crippen molar-refractivity contribution in [1.29, 1.82) is 0 Å². The zero-order valence-corrected chi connectivity index (χ0v) is 19.4. The van der Waals surface area contributed by atoms with Gasteiger partial charge in [-0.3, -0.25) is 19.1 Å². The van der Waals surface area contributed by atoms with Gasteiger partial charge in [0.05, 0.1) is 6.54 Å². The third kappa shape index (κ3) is 4.53. The van der Waals surface area contributed by atoms with Crippen LogP contribution in [0.1, 0.15) is 79.8 Å². The summed E-state index contributed by atoms with van der Waals surface area (Å²) in [5, 5.41) is 10.5. The Bertz CT molecular complexity index is 856. The lowest BCUT2D eigenvalue weighted by molar-refractivity contribution is -0.133. The highest BCUT2D eigenvalue weighted by Gasteiger charge is 2.48. The summed E-state index contributed by atoms with van der Waals surface area (Å²) in [6, 6.07) is 1.73. The maximum atomic E-state index is 13.2. The van der Waals surface area contributed by atoms with Gasteiger partial charge in [0.1, 0.15) is 11.2 Å². The van der Waals surface area contributed by atoms with Crippen LogP contribution in [0.4, 0.5) is 0 Å². The van der Waals surface area contributed by atoms with Crippen LogP contribution in [0.3, 0.4) is 0 Å². The highest BCUT2D eigenvalue weighted by molar-refractivity contribution is 6.01. The van der Waals surface area contributed by atoms with Crippen molar-refractivity contribution >= 4 is 17.7 Å². The molecule has 2 fully saturated rings. The Morgan fingerprint density at radius 1 is 1.16 bits per heavy atom. The number of hydrogen-bond donors (Lipinski definition) is 2. The highest BCUT2D eigenvalue weighted by Crippen LogP contribution is 2.28. The van der Waals surface area contributed by atoms with E-state index in [1.807, 2.05) is 6.92 Å².